The van der Waals surface area contributed by atoms with E-state index in [0.29, 0.717) is 11.3 Å². The first kappa shape index (κ1) is 14.3. The third-order valence-electron chi connectivity index (χ3n) is 4.28. The molecule has 3 rings (SSSR count). The number of hydrogen-bond acceptors (Lipinski definition) is 2. The summed E-state index contributed by atoms with van der Waals surface area (Å²) in [5, 5.41) is 0.633. The van der Waals surface area contributed by atoms with Crippen molar-refractivity contribution in [3.63, 3.8) is 0 Å². The number of thioether (sulfide) groups is 1. The van der Waals surface area contributed by atoms with Gasteiger partial charge in [-0.05, 0) is 50.6 Å². The number of halogens is 1. The number of hydrogen-bond donors (Lipinski definition) is 0. The Morgan fingerprint density at radius 3 is 2.90 bits per heavy atom. The van der Waals surface area contributed by atoms with Crippen LogP contribution in [0.2, 0.25) is 0 Å². The minimum Gasteiger partial charge on any atom is -0.322 e. The van der Waals surface area contributed by atoms with Crippen molar-refractivity contribution >= 4 is 34.4 Å². The van der Waals surface area contributed by atoms with Crippen LogP contribution in [0.1, 0.15) is 49.0 Å². The van der Waals surface area contributed by atoms with E-state index >= 15 is 0 Å². The molecule has 1 aromatic heterocycles. The van der Waals surface area contributed by atoms with Crippen LogP contribution in [0.4, 0.5) is 0 Å². The van der Waals surface area contributed by atoms with Gasteiger partial charge in [0.15, 0.2) is 0 Å². The highest BCUT2D eigenvalue weighted by atomic mass is 35.5. The van der Waals surface area contributed by atoms with Gasteiger partial charge in [0.1, 0.15) is 5.82 Å². The molecular weight excluding hydrogens is 288 g/mol. The third-order valence-corrected chi connectivity index (χ3v) is 5.63. The van der Waals surface area contributed by atoms with Gasteiger partial charge in [0.05, 0.1) is 16.4 Å². The van der Waals surface area contributed by atoms with Gasteiger partial charge in [-0.2, -0.15) is 11.8 Å². The molecular formula is C16H21ClN2S. The van der Waals surface area contributed by atoms with E-state index in [0.717, 1.165) is 11.3 Å². The Morgan fingerprint density at radius 2 is 2.20 bits per heavy atom. The van der Waals surface area contributed by atoms with Crippen molar-refractivity contribution in [1.82, 2.24) is 9.55 Å². The topological polar surface area (TPSA) is 17.8 Å². The molecule has 0 radical (unpaired) electrons. The number of aryl methyl sites for hydroxylation is 1. The van der Waals surface area contributed by atoms with E-state index < -0.39 is 0 Å². The lowest BCUT2D eigenvalue weighted by atomic mass is 10.2. The minimum atomic E-state index is -0.0502. The molecule has 4 heteroatoms. The first-order chi connectivity index (χ1) is 9.61. The highest BCUT2D eigenvalue weighted by molar-refractivity contribution is 7.99. The smallest absolute Gasteiger partial charge is 0.128 e. The predicted molar refractivity (Wildman–Crippen MR) is 88.9 cm³/mol. The molecule has 0 amide bonds. The second kappa shape index (κ2) is 5.61. The van der Waals surface area contributed by atoms with Crippen LogP contribution in [0.15, 0.2) is 18.2 Å². The van der Waals surface area contributed by atoms with Crippen LogP contribution in [-0.4, -0.2) is 21.1 Å². The number of alkyl halides is 1. The van der Waals surface area contributed by atoms with E-state index in [-0.39, 0.29) is 5.38 Å². The minimum absolute atomic E-state index is 0.0502. The van der Waals surface area contributed by atoms with Gasteiger partial charge in [0, 0.05) is 11.3 Å². The van der Waals surface area contributed by atoms with Crippen molar-refractivity contribution in [3.05, 3.63) is 29.6 Å². The summed E-state index contributed by atoms with van der Waals surface area (Å²) in [5.74, 6) is 1.03. The summed E-state index contributed by atoms with van der Waals surface area (Å²) in [6.45, 7) is 4.14. The van der Waals surface area contributed by atoms with Gasteiger partial charge >= 0.3 is 0 Å². The summed E-state index contributed by atoms with van der Waals surface area (Å²) < 4.78 is 2.42. The zero-order valence-electron chi connectivity index (χ0n) is 12.3. The van der Waals surface area contributed by atoms with Gasteiger partial charge in [-0.25, -0.2) is 4.98 Å². The quantitative estimate of drug-likeness (QED) is 0.734. The van der Waals surface area contributed by atoms with E-state index in [9.17, 15) is 0 Å². The molecule has 0 aliphatic heterocycles. The molecule has 2 aromatic rings. The fraction of sp³-hybridized carbons (Fsp3) is 0.562. The normalized spacial score (nSPS) is 24.4. The van der Waals surface area contributed by atoms with E-state index in [2.05, 4.69) is 35.9 Å². The Hall–Kier alpha value is -0.670. The van der Waals surface area contributed by atoms with Crippen molar-refractivity contribution < 1.29 is 0 Å². The summed E-state index contributed by atoms with van der Waals surface area (Å²) in [6, 6.07) is 7.08. The molecule has 3 unspecified atom stereocenters. The van der Waals surface area contributed by atoms with Crippen LogP contribution in [0.25, 0.3) is 11.0 Å². The lowest BCUT2D eigenvalue weighted by Crippen LogP contribution is -2.18. The molecule has 20 heavy (non-hydrogen) atoms. The first-order valence-electron chi connectivity index (χ1n) is 7.27. The molecule has 1 aromatic carbocycles. The van der Waals surface area contributed by atoms with Crippen molar-refractivity contribution in [2.75, 3.05) is 6.26 Å². The Kier molecular flexibility index (Phi) is 4.00. The molecule has 1 heterocycles. The largest absolute Gasteiger partial charge is 0.322 e. The monoisotopic (exact) mass is 308 g/mol. The Balaban J connectivity index is 2.18. The maximum Gasteiger partial charge on any atom is 0.128 e. The molecule has 0 N–H and O–H groups in total. The maximum absolute atomic E-state index is 6.40. The fourth-order valence-corrected chi connectivity index (χ4v) is 4.46. The molecule has 0 bridgehead atoms. The van der Waals surface area contributed by atoms with Crippen LogP contribution in [0.5, 0.6) is 0 Å². The number of fused-ring (bicyclic) bond motifs is 1. The van der Waals surface area contributed by atoms with Crippen LogP contribution in [0, 0.1) is 6.92 Å². The number of benzene rings is 1. The van der Waals surface area contributed by atoms with Crippen molar-refractivity contribution in [2.24, 2.45) is 0 Å². The first-order valence-corrected chi connectivity index (χ1v) is 8.99. The fourth-order valence-electron chi connectivity index (χ4n) is 3.33. The molecule has 0 spiro atoms. The van der Waals surface area contributed by atoms with Gasteiger partial charge in [-0.15, -0.1) is 11.6 Å². The molecule has 108 valence electrons. The zero-order valence-corrected chi connectivity index (χ0v) is 13.8. The average Bonchev–Trinajstić information content (AvgIpc) is 3.00. The van der Waals surface area contributed by atoms with Gasteiger partial charge < -0.3 is 4.57 Å². The summed E-state index contributed by atoms with van der Waals surface area (Å²) in [5.41, 5.74) is 3.58. The van der Waals surface area contributed by atoms with E-state index in [1.165, 1.54) is 30.3 Å². The van der Waals surface area contributed by atoms with Crippen molar-refractivity contribution in [1.29, 1.82) is 0 Å². The summed E-state index contributed by atoms with van der Waals surface area (Å²) >= 11 is 8.38. The number of rotatable bonds is 3. The molecule has 2 nitrogen and oxygen atoms in total. The molecule has 3 atom stereocenters. The third kappa shape index (κ3) is 2.35. The number of aromatic nitrogens is 2. The maximum atomic E-state index is 6.40. The predicted octanol–water partition coefficient (Wildman–Crippen LogP) is 5.10. The second-order valence-electron chi connectivity index (χ2n) is 5.72. The average molecular weight is 309 g/mol. The lowest BCUT2D eigenvalue weighted by molar-refractivity contribution is 0.520. The highest BCUT2D eigenvalue weighted by Crippen LogP contribution is 2.41. The molecule has 1 aliphatic rings. The van der Waals surface area contributed by atoms with Gasteiger partial charge in [0.25, 0.3) is 0 Å². The van der Waals surface area contributed by atoms with Gasteiger partial charge in [-0.3, -0.25) is 0 Å². The van der Waals surface area contributed by atoms with Crippen LogP contribution < -0.4 is 0 Å². The van der Waals surface area contributed by atoms with Gasteiger partial charge in [0.2, 0.25) is 0 Å². The SMILES string of the molecule is CSC1CCCC1n1c(C(C)Cl)nc2cc(C)ccc21. The summed E-state index contributed by atoms with van der Waals surface area (Å²) in [7, 11) is 0. The zero-order chi connectivity index (χ0) is 14.3. The van der Waals surface area contributed by atoms with Crippen LogP contribution in [0.3, 0.4) is 0 Å². The van der Waals surface area contributed by atoms with E-state index in [1.54, 1.807) is 0 Å². The second-order valence-corrected chi connectivity index (χ2v) is 7.45. The van der Waals surface area contributed by atoms with Crippen LogP contribution >= 0.6 is 23.4 Å². The molecule has 1 saturated carbocycles. The highest BCUT2D eigenvalue weighted by Gasteiger charge is 2.31. The number of imidazole rings is 1. The Morgan fingerprint density at radius 1 is 1.40 bits per heavy atom. The number of nitrogens with zero attached hydrogens (tertiary/aromatic N) is 2. The molecule has 1 fully saturated rings. The molecule has 0 saturated heterocycles. The Bertz CT molecular complexity index is 620. The lowest BCUT2D eigenvalue weighted by Gasteiger charge is -2.23. The van der Waals surface area contributed by atoms with Gasteiger partial charge in [-0.1, -0.05) is 12.5 Å². The van der Waals surface area contributed by atoms with Crippen LogP contribution in [-0.2, 0) is 0 Å². The van der Waals surface area contributed by atoms with E-state index in [1.807, 2.05) is 18.7 Å². The van der Waals surface area contributed by atoms with E-state index in [4.69, 9.17) is 16.6 Å². The standard InChI is InChI=1S/C16H21ClN2S/c1-10-7-8-13-12(9-10)18-16(11(2)17)19(13)14-5-4-6-15(14)20-3/h7-9,11,14-15H,4-6H2,1-3H3. The van der Waals surface area contributed by atoms with Crippen molar-refractivity contribution in [2.45, 2.75) is 49.8 Å². The van der Waals surface area contributed by atoms with Crippen molar-refractivity contribution in [3.8, 4) is 0 Å². The molecule has 1 aliphatic carbocycles. The summed E-state index contributed by atoms with van der Waals surface area (Å²) in [4.78, 5) is 4.81. The Labute approximate surface area is 129 Å². The summed E-state index contributed by atoms with van der Waals surface area (Å²) in [6.07, 6.45) is 6.06.